The lowest BCUT2D eigenvalue weighted by Gasteiger charge is -2.35. The van der Waals surface area contributed by atoms with Crippen LogP contribution in [0, 0.1) is 5.92 Å². The molecule has 0 aromatic heterocycles. The van der Waals surface area contributed by atoms with Crippen molar-refractivity contribution in [3.05, 3.63) is 71.8 Å². The van der Waals surface area contributed by atoms with E-state index in [9.17, 15) is 33.6 Å². The molecule has 2 aromatic carbocycles. The van der Waals surface area contributed by atoms with E-state index in [0.717, 1.165) is 37.7 Å². The van der Waals surface area contributed by atoms with E-state index in [4.69, 9.17) is 10.5 Å². The number of likely N-dealkylation sites (tertiary alicyclic amines) is 1. The van der Waals surface area contributed by atoms with Crippen molar-refractivity contribution in [3.63, 3.8) is 0 Å². The SMILES string of the molecule is CCCC(NC(=O)C1CC(OC(C)(C)C)CN1C(=O)C(NC(=O)Cc1ccccc1)C1CCCCC1)C(=O)C(=O)NCC(=O)NC(C(N)=O)c1ccccc1. The molecular weight excluding hydrogens is 704 g/mol. The van der Waals surface area contributed by atoms with E-state index in [0.29, 0.717) is 12.0 Å². The maximum Gasteiger partial charge on any atom is 0.290 e. The van der Waals surface area contributed by atoms with Gasteiger partial charge in [-0.15, -0.1) is 0 Å². The maximum atomic E-state index is 14.5. The van der Waals surface area contributed by atoms with E-state index in [1.807, 2.05) is 51.1 Å². The number of amides is 6. The highest BCUT2D eigenvalue weighted by Crippen LogP contribution is 2.31. The van der Waals surface area contributed by atoms with Crippen LogP contribution in [0.25, 0.3) is 0 Å². The number of hydrogen-bond acceptors (Lipinski definition) is 8. The van der Waals surface area contributed by atoms with E-state index in [-0.39, 0.29) is 43.5 Å². The number of nitrogens with one attached hydrogen (secondary N) is 4. The molecule has 14 heteroatoms. The second-order valence-electron chi connectivity index (χ2n) is 15.4. The number of primary amides is 1. The number of benzene rings is 2. The third kappa shape index (κ3) is 12.7. The van der Waals surface area contributed by atoms with Gasteiger partial charge in [-0.25, -0.2) is 0 Å². The molecule has 0 spiro atoms. The first-order valence-corrected chi connectivity index (χ1v) is 19.2. The Bertz CT molecular complexity index is 1660. The number of ether oxygens (including phenoxy) is 1. The summed E-state index contributed by atoms with van der Waals surface area (Å²) in [4.78, 5) is 94.6. The second-order valence-corrected chi connectivity index (χ2v) is 15.4. The smallest absolute Gasteiger partial charge is 0.290 e. The fourth-order valence-electron chi connectivity index (χ4n) is 7.32. The Morgan fingerprint density at radius 1 is 0.855 bits per heavy atom. The molecule has 1 aliphatic carbocycles. The molecule has 2 aliphatic rings. The summed E-state index contributed by atoms with van der Waals surface area (Å²) in [6.45, 7) is 6.91. The van der Waals surface area contributed by atoms with Gasteiger partial charge in [-0.2, -0.15) is 0 Å². The summed E-state index contributed by atoms with van der Waals surface area (Å²) in [5, 5.41) is 10.5. The fraction of sp³-hybridized carbons (Fsp3) is 0.537. The highest BCUT2D eigenvalue weighted by molar-refractivity contribution is 6.38. The van der Waals surface area contributed by atoms with Crippen LogP contribution in [-0.4, -0.2) is 89.0 Å². The van der Waals surface area contributed by atoms with Crippen LogP contribution in [0.15, 0.2) is 60.7 Å². The molecule has 1 saturated carbocycles. The Hall–Kier alpha value is -5.11. The summed E-state index contributed by atoms with van der Waals surface area (Å²) < 4.78 is 6.25. The van der Waals surface area contributed by atoms with E-state index < -0.39 is 71.8 Å². The van der Waals surface area contributed by atoms with Gasteiger partial charge in [-0.1, -0.05) is 93.3 Å². The topological polar surface area (TPSA) is 206 Å². The lowest BCUT2D eigenvalue weighted by atomic mass is 9.83. The molecule has 5 unspecified atom stereocenters. The Morgan fingerprint density at radius 3 is 2.09 bits per heavy atom. The first-order valence-electron chi connectivity index (χ1n) is 19.2. The first-order chi connectivity index (χ1) is 26.2. The number of ketones is 1. The molecule has 5 atom stereocenters. The molecule has 6 amide bonds. The lowest BCUT2D eigenvalue weighted by molar-refractivity contribution is -0.144. The zero-order valence-electron chi connectivity index (χ0n) is 32.3. The number of Topliss-reactive ketones (excluding diaryl/α,β-unsaturated/α-hetero) is 1. The summed E-state index contributed by atoms with van der Waals surface area (Å²) in [5.41, 5.74) is 6.15. The molecule has 0 radical (unpaired) electrons. The molecular formula is C41H56N6O8. The van der Waals surface area contributed by atoms with E-state index in [1.165, 1.54) is 4.90 Å². The minimum Gasteiger partial charge on any atom is -0.371 e. The summed E-state index contributed by atoms with van der Waals surface area (Å²) in [5.74, 6) is -5.05. The quantitative estimate of drug-likeness (QED) is 0.151. The molecule has 14 nitrogen and oxygen atoms in total. The predicted molar refractivity (Wildman–Crippen MR) is 205 cm³/mol. The van der Waals surface area contributed by atoms with Crippen LogP contribution in [0.4, 0.5) is 0 Å². The molecule has 1 saturated heterocycles. The van der Waals surface area contributed by atoms with Crippen molar-refractivity contribution in [3.8, 4) is 0 Å². The van der Waals surface area contributed by atoms with Crippen LogP contribution in [0.3, 0.4) is 0 Å². The molecule has 2 aromatic rings. The normalized spacial score (nSPS) is 19.0. The molecule has 0 bridgehead atoms. The zero-order valence-corrected chi connectivity index (χ0v) is 32.3. The van der Waals surface area contributed by atoms with Crippen molar-refractivity contribution >= 4 is 41.2 Å². The standard InChI is InChI=1S/C41H56N6O8/c1-5-15-30(36(50)39(53)43-24-33(49)46-34(37(42)51)27-18-11-7-12-19-27)44-38(52)31-23-29(55-41(2,3)4)25-47(31)40(54)35(28-20-13-8-14-21-28)45-32(48)22-26-16-9-6-10-17-26/h6-7,9-12,16-19,28-31,34-35H,5,8,13-15,20-25H2,1-4H3,(H2,42,51)(H,43,53)(H,44,52)(H,45,48)(H,46,49). The van der Waals surface area contributed by atoms with Crippen LogP contribution in [0.2, 0.25) is 0 Å². The van der Waals surface area contributed by atoms with Gasteiger partial charge in [0, 0.05) is 13.0 Å². The Morgan fingerprint density at radius 2 is 1.49 bits per heavy atom. The van der Waals surface area contributed by atoms with Gasteiger partial charge in [0.05, 0.1) is 30.7 Å². The number of rotatable bonds is 17. The number of hydrogen-bond donors (Lipinski definition) is 5. The zero-order chi connectivity index (χ0) is 40.1. The molecule has 1 aliphatic heterocycles. The maximum absolute atomic E-state index is 14.5. The van der Waals surface area contributed by atoms with Crippen LogP contribution >= 0.6 is 0 Å². The summed E-state index contributed by atoms with van der Waals surface area (Å²) >= 11 is 0. The second kappa shape index (κ2) is 20.0. The fourth-order valence-corrected chi connectivity index (χ4v) is 7.32. The van der Waals surface area contributed by atoms with Gasteiger partial charge >= 0.3 is 0 Å². The average Bonchev–Trinajstić information content (AvgIpc) is 3.57. The van der Waals surface area contributed by atoms with Gasteiger partial charge in [0.1, 0.15) is 18.1 Å². The van der Waals surface area contributed by atoms with E-state index in [1.54, 1.807) is 37.3 Å². The van der Waals surface area contributed by atoms with Gasteiger partial charge in [0.25, 0.3) is 5.91 Å². The van der Waals surface area contributed by atoms with Crippen molar-refractivity contribution in [2.75, 3.05) is 13.1 Å². The molecule has 4 rings (SSSR count). The van der Waals surface area contributed by atoms with Gasteiger partial charge < -0.3 is 36.6 Å². The average molecular weight is 761 g/mol. The van der Waals surface area contributed by atoms with Crippen LogP contribution in [0.5, 0.6) is 0 Å². The summed E-state index contributed by atoms with van der Waals surface area (Å²) in [6, 6.07) is 13.3. The predicted octanol–water partition coefficient (Wildman–Crippen LogP) is 2.39. The van der Waals surface area contributed by atoms with E-state index in [2.05, 4.69) is 21.3 Å². The molecule has 1 heterocycles. The number of carbonyl (C=O) groups is 7. The van der Waals surface area contributed by atoms with Gasteiger partial charge in [0.2, 0.25) is 35.3 Å². The van der Waals surface area contributed by atoms with Crippen LogP contribution < -0.4 is 27.0 Å². The number of nitrogens with zero attached hydrogens (tertiary/aromatic N) is 1. The summed E-state index contributed by atoms with van der Waals surface area (Å²) in [7, 11) is 0. The van der Waals surface area contributed by atoms with Crippen molar-refractivity contribution in [1.82, 2.24) is 26.2 Å². The van der Waals surface area contributed by atoms with Crippen LogP contribution in [-0.2, 0) is 44.7 Å². The summed E-state index contributed by atoms with van der Waals surface area (Å²) in [6.07, 6.45) is 4.68. The lowest BCUT2D eigenvalue weighted by Crippen LogP contribution is -2.58. The van der Waals surface area contributed by atoms with Crippen molar-refractivity contribution in [1.29, 1.82) is 0 Å². The minimum atomic E-state index is -1.25. The first kappa shape index (κ1) is 42.6. The molecule has 298 valence electrons. The van der Waals surface area contributed by atoms with Gasteiger partial charge in [-0.3, -0.25) is 33.6 Å². The Kier molecular flexibility index (Phi) is 15.5. The minimum absolute atomic E-state index is 0.0975. The highest BCUT2D eigenvalue weighted by Gasteiger charge is 2.46. The monoisotopic (exact) mass is 760 g/mol. The number of nitrogens with two attached hydrogens (primary N) is 1. The van der Waals surface area contributed by atoms with Gasteiger partial charge in [0.15, 0.2) is 0 Å². The highest BCUT2D eigenvalue weighted by atomic mass is 16.5. The molecule has 6 N–H and O–H groups in total. The van der Waals surface area contributed by atoms with Crippen LogP contribution in [0.1, 0.15) is 96.2 Å². The third-order valence-electron chi connectivity index (χ3n) is 9.85. The van der Waals surface area contributed by atoms with Gasteiger partial charge in [-0.05, 0) is 57.1 Å². The Labute approximate surface area is 323 Å². The molecule has 55 heavy (non-hydrogen) atoms. The van der Waals surface area contributed by atoms with E-state index >= 15 is 0 Å². The number of carbonyl (C=O) groups excluding carboxylic acids is 7. The van der Waals surface area contributed by atoms with Crippen molar-refractivity contribution < 1.29 is 38.3 Å². The van der Waals surface area contributed by atoms with Crippen molar-refractivity contribution in [2.45, 2.75) is 121 Å². The molecule has 2 fully saturated rings. The Balaban J connectivity index is 1.48. The van der Waals surface area contributed by atoms with Crippen molar-refractivity contribution in [2.24, 2.45) is 11.7 Å². The third-order valence-corrected chi connectivity index (χ3v) is 9.85. The largest absolute Gasteiger partial charge is 0.371 e.